The fourth-order valence-electron chi connectivity index (χ4n) is 3.17. The number of hydrogen-bond acceptors (Lipinski definition) is 5. The molecule has 0 spiro atoms. The van der Waals surface area contributed by atoms with Crippen molar-refractivity contribution < 1.29 is 18.8 Å². The molecule has 2 aromatic carbocycles. The Kier molecular flexibility index (Phi) is 4.50. The lowest BCUT2D eigenvalue weighted by Gasteiger charge is -2.35. The summed E-state index contributed by atoms with van der Waals surface area (Å²) in [6.45, 7) is 2.36. The Morgan fingerprint density at radius 2 is 1.74 bits per heavy atom. The molecule has 0 atom stereocenters. The van der Waals surface area contributed by atoms with E-state index < -0.39 is 0 Å². The van der Waals surface area contributed by atoms with Crippen molar-refractivity contribution in [2.45, 2.75) is 0 Å². The van der Waals surface area contributed by atoms with Gasteiger partial charge in [-0.1, -0.05) is 17.3 Å². The number of benzene rings is 2. The van der Waals surface area contributed by atoms with Gasteiger partial charge in [-0.15, -0.1) is 0 Å². The minimum Gasteiger partial charge on any atom is -0.507 e. The van der Waals surface area contributed by atoms with E-state index in [1.54, 1.807) is 47.4 Å². The van der Waals surface area contributed by atoms with Crippen molar-refractivity contribution in [3.63, 3.8) is 0 Å². The number of hydrogen-bond donors (Lipinski definition) is 1. The number of nitrogens with zero attached hydrogens (tertiary/aromatic N) is 3. The van der Waals surface area contributed by atoms with Crippen LogP contribution in [-0.4, -0.2) is 47.2 Å². The molecule has 0 bridgehead atoms. The quantitative estimate of drug-likeness (QED) is 0.770. The largest absolute Gasteiger partial charge is 0.507 e. The number of carbonyl (C=O) groups is 1. The maximum Gasteiger partial charge on any atom is 0.292 e. The van der Waals surface area contributed by atoms with Crippen molar-refractivity contribution in [2.24, 2.45) is 0 Å². The zero-order valence-corrected chi connectivity index (χ0v) is 14.5. The Balaban J connectivity index is 1.43. The van der Waals surface area contributed by atoms with Crippen LogP contribution in [0, 0.1) is 5.82 Å². The molecule has 7 heteroatoms. The van der Waals surface area contributed by atoms with Gasteiger partial charge in [-0.2, -0.15) is 0 Å². The molecule has 27 heavy (non-hydrogen) atoms. The van der Waals surface area contributed by atoms with Gasteiger partial charge in [-0.05, 0) is 36.4 Å². The first-order valence-corrected chi connectivity index (χ1v) is 8.67. The number of piperazine rings is 1. The van der Waals surface area contributed by atoms with Gasteiger partial charge in [0.15, 0.2) is 0 Å². The van der Waals surface area contributed by atoms with E-state index in [1.165, 1.54) is 12.1 Å². The van der Waals surface area contributed by atoms with Crippen LogP contribution in [0.15, 0.2) is 59.1 Å². The van der Waals surface area contributed by atoms with Crippen LogP contribution in [0.25, 0.3) is 11.3 Å². The first-order valence-electron chi connectivity index (χ1n) is 8.67. The zero-order chi connectivity index (χ0) is 18.8. The standard InChI is InChI=1S/C20H18FN3O3/c21-14-5-7-15(8-6-14)23-9-11-24(12-10-23)20(26)19-13-17(22-27-19)16-3-1-2-4-18(16)25/h1-8,13,25H,9-12H2. The van der Waals surface area contributed by atoms with E-state index in [1.807, 2.05) is 0 Å². The van der Waals surface area contributed by atoms with E-state index in [2.05, 4.69) is 10.1 Å². The number of para-hydroxylation sites is 1. The van der Waals surface area contributed by atoms with E-state index in [9.17, 15) is 14.3 Å². The topological polar surface area (TPSA) is 69.8 Å². The molecule has 0 saturated carbocycles. The summed E-state index contributed by atoms with van der Waals surface area (Å²) < 4.78 is 18.3. The fourth-order valence-corrected chi connectivity index (χ4v) is 3.17. The minimum atomic E-state index is -0.266. The Labute approximate surface area is 155 Å². The predicted molar refractivity (Wildman–Crippen MR) is 98.1 cm³/mol. The summed E-state index contributed by atoms with van der Waals surface area (Å²) in [7, 11) is 0. The second-order valence-corrected chi connectivity index (χ2v) is 6.35. The van der Waals surface area contributed by atoms with Crippen molar-refractivity contribution in [3.8, 4) is 17.0 Å². The van der Waals surface area contributed by atoms with Gasteiger partial charge in [0.05, 0.1) is 0 Å². The summed E-state index contributed by atoms with van der Waals surface area (Å²) in [6.07, 6.45) is 0. The predicted octanol–water partition coefficient (Wildman–Crippen LogP) is 3.15. The first kappa shape index (κ1) is 17.1. The highest BCUT2D eigenvalue weighted by atomic mass is 19.1. The van der Waals surface area contributed by atoms with Gasteiger partial charge >= 0.3 is 0 Å². The number of halogens is 1. The van der Waals surface area contributed by atoms with Gasteiger partial charge in [0, 0.05) is 43.5 Å². The Morgan fingerprint density at radius 1 is 1.04 bits per heavy atom. The SMILES string of the molecule is O=C(c1cc(-c2ccccc2O)no1)N1CCN(c2ccc(F)cc2)CC1. The number of aromatic nitrogens is 1. The normalized spacial score (nSPS) is 14.4. The number of aromatic hydroxyl groups is 1. The second-order valence-electron chi connectivity index (χ2n) is 6.35. The average molecular weight is 367 g/mol. The average Bonchev–Trinajstić information content (AvgIpc) is 3.18. The van der Waals surface area contributed by atoms with Gasteiger partial charge in [-0.25, -0.2) is 4.39 Å². The molecule has 6 nitrogen and oxygen atoms in total. The molecule has 1 aromatic heterocycles. The maximum absolute atomic E-state index is 13.1. The summed E-state index contributed by atoms with van der Waals surface area (Å²) in [6, 6.07) is 14.6. The molecule has 1 amide bonds. The Hall–Kier alpha value is -3.35. The molecule has 1 aliphatic rings. The van der Waals surface area contributed by atoms with Crippen LogP contribution in [0.3, 0.4) is 0 Å². The van der Waals surface area contributed by atoms with Crippen LogP contribution in [0.1, 0.15) is 10.6 Å². The van der Waals surface area contributed by atoms with E-state index >= 15 is 0 Å². The molecule has 3 aromatic rings. The molecule has 4 rings (SSSR count). The monoisotopic (exact) mass is 367 g/mol. The van der Waals surface area contributed by atoms with Crippen molar-refractivity contribution in [2.75, 3.05) is 31.1 Å². The molecule has 2 heterocycles. The highest BCUT2D eigenvalue weighted by Crippen LogP contribution is 2.28. The van der Waals surface area contributed by atoms with Crippen molar-refractivity contribution >= 4 is 11.6 Å². The summed E-state index contributed by atoms with van der Waals surface area (Å²) in [5.74, 6) is -0.276. The number of amides is 1. The number of phenols is 1. The van der Waals surface area contributed by atoms with Gasteiger partial charge in [-0.3, -0.25) is 4.79 Å². The van der Waals surface area contributed by atoms with E-state index in [0.29, 0.717) is 37.4 Å². The number of rotatable bonds is 3. The number of carbonyl (C=O) groups excluding carboxylic acids is 1. The number of anilines is 1. The van der Waals surface area contributed by atoms with Crippen LogP contribution >= 0.6 is 0 Å². The molecule has 138 valence electrons. The van der Waals surface area contributed by atoms with Crippen molar-refractivity contribution in [3.05, 3.63) is 66.2 Å². The van der Waals surface area contributed by atoms with E-state index in [4.69, 9.17) is 4.52 Å². The van der Waals surface area contributed by atoms with E-state index in [0.717, 1.165) is 5.69 Å². The molecule has 0 unspecified atom stereocenters. The van der Waals surface area contributed by atoms with Crippen LogP contribution < -0.4 is 4.90 Å². The Morgan fingerprint density at radius 3 is 2.44 bits per heavy atom. The van der Waals surface area contributed by atoms with E-state index in [-0.39, 0.29) is 23.2 Å². The third-order valence-corrected chi connectivity index (χ3v) is 4.66. The summed E-state index contributed by atoms with van der Waals surface area (Å²) in [4.78, 5) is 16.5. The molecule has 1 saturated heterocycles. The molecule has 0 radical (unpaired) electrons. The second kappa shape index (κ2) is 7.11. The third kappa shape index (κ3) is 3.48. The molecule has 0 aliphatic carbocycles. The van der Waals surface area contributed by atoms with Gasteiger partial charge in [0.25, 0.3) is 5.91 Å². The summed E-state index contributed by atoms with van der Waals surface area (Å²) >= 11 is 0. The van der Waals surface area contributed by atoms with Crippen LogP contribution in [0.2, 0.25) is 0 Å². The molecule has 1 fully saturated rings. The van der Waals surface area contributed by atoms with Gasteiger partial charge in [0.2, 0.25) is 5.76 Å². The smallest absolute Gasteiger partial charge is 0.292 e. The van der Waals surface area contributed by atoms with Crippen LogP contribution in [0.4, 0.5) is 10.1 Å². The summed E-state index contributed by atoms with van der Waals surface area (Å²) in [5, 5.41) is 13.8. The minimum absolute atomic E-state index is 0.0812. The highest BCUT2D eigenvalue weighted by molar-refractivity contribution is 5.92. The third-order valence-electron chi connectivity index (χ3n) is 4.66. The molecule has 1 N–H and O–H groups in total. The lowest BCUT2D eigenvalue weighted by molar-refractivity contribution is 0.0705. The highest BCUT2D eigenvalue weighted by Gasteiger charge is 2.25. The zero-order valence-electron chi connectivity index (χ0n) is 14.5. The van der Waals surface area contributed by atoms with Gasteiger partial charge < -0.3 is 19.4 Å². The molecular formula is C20H18FN3O3. The maximum atomic E-state index is 13.1. The van der Waals surface area contributed by atoms with Crippen molar-refractivity contribution in [1.82, 2.24) is 10.1 Å². The Bertz CT molecular complexity index is 947. The lowest BCUT2D eigenvalue weighted by atomic mass is 10.1. The molecular weight excluding hydrogens is 349 g/mol. The lowest BCUT2D eigenvalue weighted by Crippen LogP contribution is -2.48. The summed E-state index contributed by atoms with van der Waals surface area (Å²) in [5.41, 5.74) is 1.87. The molecule has 1 aliphatic heterocycles. The number of phenolic OH excluding ortho intramolecular Hbond substituents is 1. The van der Waals surface area contributed by atoms with Crippen LogP contribution in [0.5, 0.6) is 5.75 Å². The first-order chi connectivity index (χ1) is 13.1. The van der Waals surface area contributed by atoms with Gasteiger partial charge in [0.1, 0.15) is 17.3 Å². The fraction of sp³-hybridized carbons (Fsp3) is 0.200. The van der Waals surface area contributed by atoms with Crippen LogP contribution in [-0.2, 0) is 0 Å². The van der Waals surface area contributed by atoms with Crippen molar-refractivity contribution in [1.29, 1.82) is 0 Å².